The van der Waals surface area contributed by atoms with Crippen molar-refractivity contribution in [1.29, 1.82) is 0 Å². The SMILES string of the molecule is Cc1ccnc(N(C(=O)OC(C)(C)C)c2ccc(C)cc2F)c1. The Balaban J connectivity index is 2.53. The van der Waals surface area contributed by atoms with Crippen LogP contribution in [0.5, 0.6) is 0 Å². The lowest BCUT2D eigenvalue weighted by Gasteiger charge is -2.27. The van der Waals surface area contributed by atoms with Gasteiger partial charge in [-0.05, 0) is 70.0 Å². The van der Waals surface area contributed by atoms with Crippen molar-refractivity contribution in [2.45, 2.75) is 40.2 Å². The van der Waals surface area contributed by atoms with Gasteiger partial charge < -0.3 is 4.74 Å². The molecule has 1 heterocycles. The largest absolute Gasteiger partial charge is 0.443 e. The van der Waals surface area contributed by atoms with E-state index in [1.54, 1.807) is 52.1 Å². The van der Waals surface area contributed by atoms with E-state index < -0.39 is 17.5 Å². The minimum atomic E-state index is -0.694. The lowest BCUT2D eigenvalue weighted by molar-refractivity contribution is 0.0597. The standard InChI is InChI=1S/C18H21FN2O2/c1-12-6-7-15(14(19)10-12)21(17(22)23-18(3,4)5)16-11-13(2)8-9-20-16/h6-11H,1-5H3. The summed E-state index contributed by atoms with van der Waals surface area (Å²) in [7, 11) is 0. The monoisotopic (exact) mass is 316 g/mol. The molecule has 0 saturated carbocycles. The molecule has 1 aromatic heterocycles. The molecule has 0 saturated heterocycles. The normalized spacial score (nSPS) is 11.2. The first-order chi connectivity index (χ1) is 10.7. The van der Waals surface area contributed by atoms with E-state index in [4.69, 9.17) is 4.74 Å². The van der Waals surface area contributed by atoms with Crippen LogP contribution < -0.4 is 4.90 Å². The van der Waals surface area contributed by atoms with Crippen LogP contribution in [-0.2, 0) is 4.74 Å². The molecule has 2 rings (SSSR count). The van der Waals surface area contributed by atoms with Crippen molar-refractivity contribution in [2.24, 2.45) is 0 Å². The van der Waals surface area contributed by atoms with Crippen molar-refractivity contribution in [2.75, 3.05) is 4.90 Å². The molecule has 0 aliphatic heterocycles. The molecule has 0 aliphatic rings. The molecule has 0 aliphatic carbocycles. The Labute approximate surface area is 135 Å². The van der Waals surface area contributed by atoms with Crippen LogP contribution in [0.1, 0.15) is 31.9 Å². The third kappa shape index (κ3) is 4.28. The molecule has 4 nitrogen and oxygen atoms in total. The number of carbonyl (C=O) groups excluding carboxylic acids is 1. The van der Waals surface area contributed by atoms with Crippen molar-refractivity contribution in [3.05, 3.63) is 53.5 Å². The molecule has 2 aromatic rings. The fourth-order valence-electron chi connectivity index (χ4n) is 2.06. The zero-order chi connectivity index (χ0) is 17.2. The van der Waals surface area contributed by atoms with E-state index in [-0.39, 0.29) is 5.69 Å². The van der Waals surface area contributed by atoms with Gasteiger partial charge in [-0.1, -0.05) is 6.07 Å². The van der Waals surface area contributed by atoms with E-state index in [0.29, 0.717) is 5.82 Å². The second-order valence-corrected chi connectivity index (χ2v) is 6.46. The van der Waals surface area contributed by atoms with Gasteiger partial charge in [-0.3, -0.25) is 0 Å². The zero-order valence-corrected chi connectivity index (χ0v) is 14.1. The maximum absolute atomic E-state index is 14.4. The summed E-state index contributed by atoms with van der Waals surface area (Å²) in [6.45, 7) is 8.95. The third-order valence-corrected chi connectivity index (χ3v) is 3.05. The Kier molecular flexibility index (Phi) is 4.68. The molecular weight excluding hydrogens is 295 g/mol. The van der Waals surface area contributed by atoms with Gasteiger partial charge in [0.2, 0.25) is 0 Å². The fraction of sp³-hybridized carbons (Fsp3) is 0.333. The van der Waals surface area contributed by atoms with Crippen LogP contribution >= 0.6 is 0 Å². The lowest BCUT2D eigenvalue weighted by atomic mass is 10.2. The molecule has 0 spiro atoms. The third-order valence-electron chi connectivity index (χ3n) is 3.05. The van der Waals surface area contributed by atoms with Crippen LogP contribution in [-0.4, -0.2) is 16.7 Å². The second-order valence-electron chi connectivity index (χ2n) is 6.46. The Morgan fingerprint density at radius 1 is 1.13 bits per heavy atom. The molecule has 23 heavy (non-hydrogen) atoms. The van der Waals surface area contributed by atoms with Gasteiger partial charge in [0.15, 0.2) is 0 Å². The van der Waals surface area contributed by atoms with Gasteiger partial charge in [0.25, 0.3) is 0 Å². The highest BCUT2D eigenvalue weighted by atomic mass is 19.1. The minimum absolute atomic E-state index is 0.114. The van der Waals surface area contributed by atoms with E-state index in [1.807, 2.05) is 13.0 Å². The predicted octanol–water partition coefficient (Wildman–Crippen LogP) is 4.91. The Morgan fingerprint density at radius 3 is 2.35 bits per heavy atom. The van der Waals surface area contributed by atoms with E-state index in [9.17, 15) is 9.18 Å². The number of benzene rings is 1. The Bertz CT molecular complexity index is 723. The summed E-state index contributed by atoms with van der Waals surface area (Å²) >= 11 is 0. The molecule has 0 radical (unpaired) electrons. The number of halogens is 1. The van der Waals surface area contributed by atoms with Crippen molar-refractivity contribution in [3.8, 4) is 0 Å². The van der Waals surface area contributed by atoms with Gasteiger partial charge in [0, 0.05) is 6.20 Å². The molecular formula is C18H21FN2O2. The topological polar surface area (TPSA) is 42.4 Å². The molecule has 0 bridgehead atoms. The van der Waals surface area contributed by atoms with Crippen LogP contribution in [0.3, 0.4) is 0 Å². The van der Waals surface area contributed by atoms with Gasteiger partial charge in [-0.15, -0.1) is 0 Å². The van der Waals surface area contributed by atoms with Crippen LogP contribution in [0.2, 0.25) is 0 Å². The number of nitrogens with zero attached hydrogens (tertiary/aromatic N) is 2. The molecule has 0 atom stereocenters. The first-order valence-electron chi connectivity index (χ1n) is 7.39. The summed E-state index contributed by atoms with van der Waals surface area (Å²) in [6, 6.07) is 8.19. The quantitative estimate of drug-likeness (QED) is 0.790. The average molecular weight is 316 g/mol. The molecule has 1 amide bonds. The molecule has 5 heteroatoms. The summed E-state index contributed by atoms with van der Waals surface area (Å²) < 4.78 is 19.8. The summed E-state index contributed by atoms with van der Waals surface area (Å²) in [4.78, 5) is 18.0. The number of hydrogen-bond acceptors (Lipinski definition) is 3. The van der Waals surface area contributed by atoms with Crippen LogP contribution in [0, 0.1) is 19.7 Å². The molecule has 1 aromatic carbocycles. The molecule has 0 unspecified atom stereocenters. The summed E-state index contributed by atoms with van der Waals surface area (Å²) in [5.41, 5.74) is 1.10. The highest BCUT2D eigenvalue weighted by Crippen LogP contribution is 2.29. The lowest BCUT2D eigenvalue weighted by Crippen LogP contribution is -2.34. The van der Waals surface area contributed by atoms with Crippen molar-refractivity contribution in [1.82, 2.24) is 4.98 Å². The van der Waals surface area contributed by atoms with Gasteiger partial charge >= 0.3 is 6.09 Å². The number of aryl methyl sites for hydroxylation is 2. The Hall–Kier alpha value is -2.43. The smallest absolute Gasteiger partial charge is 0.420 e. The highest BCUT2D eigenvalue weighted by Gasteiger charge is 2.27. The van der Waals surface area contributed by atoms with E-state index in [2.05, 4.69) is 4.98 Å². The maximum atomic E-state index is 14.4. The van der Waals surface area contributed by atoms with E-state index in [1.165, 1.54) is 6.07 Å². The molecule has 0 fully saturated rings. The number of ether oxygens (including phenoxy) is 1. The number of aromatic nitrogens is 1. The van der Waals surface area contributed by atoms with Gasteiger partial charge in [0.05, 0.1) is 5.69 Å². The number of hydrogen-bond donors (Lipinski definition) is 0. The summed E-state index contributed by atoms with van der Waals surface area (Å²) in [6.07, 6.45) is 0.909. The number of amides is 1. The predicted molar refractivity (Wildman–Crippen MR) is 88.5 cm³/mol. The van der Waals surface area contributed by atoms with E-state index >= 15 is 0 Å². The number of rotatable bonds is 2. The first kappa shape index (κ1) is 16.9. The van der Waals surface area contributed by atoms with Gasteiger partial charge in [0.1, 0.15) is 17.2 Å². The highest BCUT2D eigenvalue weighted by molar-refractivity contribution is 5.95. The second kappa shape index (κ2) is 6.36. The summed E-state index contributed by atoms with van der Waals surface area (Å²) in [5, 5.41) is 0. The van der Waals surface area contributed by atoms with Crippen molar-refractivity contribution >= 4 is 17.6 Å². The maximum Gasteiger partial charge on any atom is 0.420 e. The Morgan fingerprint density at radius 2 is 1.78 bits per heavy atom. The van der Waals surface area contributed by atoms with Crippen molar-refractivity contribution in [3.63, 3.8) is 0 Å². The van der Waals surface area contributed by atoms with Gasteiger partial charge in [-0.25, -0.2) is 19.1 Å². The van der Waals surface area contributed by atoms with Crippen molar-refractivity contribution < 1.29 is 13.9 Å². The van der Waals surface area contributed by atoms with Gasteiger partial charge in [-0.2, -0.15) is 0 Å². The van der Waals surface area contributed by atoms with Crippen LogP contribution in [0.25, 0.3) is 0 Å². The minimum Gasteiger partial charge on any atom is -0.443 e. The van der Waals surface area contributed by atoms with Crippen LogP contribution in [0.15, 0.2) is 36.5 Å². The average Bonchev–Trinajstić information content (AvgIpc) is 2.39. The summed E-state index contributed by atoms with van der Waals surface area (Å²) in [5.74, 6) is -0.179. The first-order valence-corrected chi connectivity index (χ1v) is 7.39. The van der Waals surface area contributed by atoms with Crippen LogP contribution in [0.4, 0.5) is 20.7 Å². The number of pyridine rings is 1. The number of anilines is 2. The fourth-order valence-corrected chi connectivity index (χ4v) is 2.06. The molecule has 122 valence electrons. The van der Waals surface area contributed by atoms with E-state index in [0.717, 1.165) is 16.0 Å². The number of carbonyl (C=O) groups is 1. The molecule has 0 N–H and O–H groups in total. The zero-order valence-electron chi connectivity index (χ0n) is 14.1.